The highest BCUT2D eigenvalue weighted by atomic mass is 16.5. The van der Waals surface area contributed by atoms with Crippen molar-refractivity contribution in [3.8, 4) is 0 Å². The average molecular weight is 196 g/mol. The fourth-order valence-corrected chi connectivity index (χ4v) is 1.39. The number of hydrogen-bond acceptors (Lipinski definition) is 3. The van der Waals surface area contributed by atoms with Gasteiger partial charge in [0.15, 0.2) is 0 Å². The number of nitrogens with zero attached hydrogens (tertiary/aromatic N) is 2. The molecule has 1 heterocycles. The van der Waals surface area contributed by atoms with Gasteiger partial charge in [-0.3, -0.25) is 0 Å². The third kappa shape index (κ3) is 1.78. The van der Waals surface area contributed by atoms with Crippen LogP contribution in [0.4, 0.5) is 0 Å². The topological polar surface area (TPSA) is 44.1 Å². The molecule has 4 heteroatoms. The van der Waals surface area contributed by atoms with Crippen molar-refractivity contribution < 1.29 is 9.53 Å². The summed E-state index contributed by atoms with van der Waals surface area (Å²) in [6.07, 6.45) is 1.71. The monoisotopic (exact) mass is 196 g/mol. The molecule has 0 atom stereocenters. The maximum Gasteiger partial charge on any atom is 0.374 e. The summed E-state index contributed by atoms with van der Waals surface area (Å²) in [6.45, 7) is 6.22. The smallest absolute Gasteiger partial charge is 0.374 e. The fraction of sp³-hybridized carbons (Fsp3) is 0.600. The molecule has 1 aromatic heterocycles. The maximum atomic E-state index is 11.3. The van der Waals surface area contributed by atoms with Gasteiger partial charge >= 0.3 is 5.97 Å². The van der Waals surface area contributed by atoms with Crippen molar-refractivity contribution in [2.75, 3.05) is 7.11 Å². The summed E-state index contributed by atoms with van der Waals surface area (Å²) < 4.78 is 6.39. The van der Waals surface area contributed by atoms with Crippen molar-refractivity contribution in [3.63, 3.8) is 0 Å². The summed E-state index contributed by atoms with van der Waals surface area (Å²) in [6, 6.07) is 0. The third-order valence-corrected chi connectivity index (χ3v) is 2.12. The Kier molecular flexibility index (Phi) is 2.64. The van der Waals surface area contributed by atoms with E-state index in [0.717, 1.165) is 5.69 Å². The van der Waals surface area contributed by atoms with Gasteiger partial charge in [-0.25, -0.2) is 9.78 Å². The van der Waals surface area contributed by atoms with Crippen molar-refractivity contribution in [1.29, 1.82) is 0 Å². The second kappa shape index (κ2) is 3.44. The summed E-state index contributed by atoms with van der Waals surface area (Å²) in [4.78, 5) is 15.3. The Morgan fingerprint density at radius 3 is 2.43 bits per heavy atom. The van der Waals surface area contributed by atoms with Crippen LogP contribution in [-0.2, 0) is 17.2 Å². The van der Waals surface area contributed by atoms with Gasteiger partial charge in [0.05, 0.1) is 7.11 Å². The Labute approximate surface area is 83.9 Å². The lowest BCUT2D eigenvalue weighted by Crippen LogP contribution is -2.18. The summed E-state index contributed by atoms with van der Waals surface area (Å²) in [5.41, 5.74) is 0.992. The van der Waals surface area contributed by atoms with E-state index in [4.69, 9.17) is 0 Å². The highest BCUT2D eigenvalue weighted by Crippen LogP contribution is 2.22. The first-order chi connectivity index (χ1) is 6.38. The Morgan fingerprint density at radius 2 is 2.07 bits per heavy atom. The minimum Gasteiger partial charge on any atom is -0.463 e. The summed E-state index contributed by atoms with van der Waals surface area (Å²) in [7, 11) is 3.17. The fourth-order valence-electron chi connectivity index (χ4n) is 1.39. The van der Waals surface area contributed by atoms with Gasteiger partial charge in [-0.2, -0.15) is 0 Å². The molecule has 1 rings (SSSR count). The molecule has 0 unspecified atom stereocenters. The normalized spacial score (nSPS) is 11.5. The van der Waals surface area contributed by atoms with Gasteiger partial charge in [-0.15, -0.1) is 0 Å². The lowest BCUT2D eigenvalue weighted by molar-refractivity contribution is 0.0582. The Morgan fingerprint density at radius 1 is 1.50 bits per heavy atom. The van der Waals surface area contributed by atoms with E-state index in [0.29, 0.717) is 5.82 Å². The quantitative estimate of drug-likeness (QED) is 0.639. The molecule has 0 amide bonds. The molecule has 0 N–H and O–H groups in total. The minimum atomic E-state index is -0.400. The second-order valence-electron chi connectivity index (χ2n) is 4.27. The first kappa shape index (κ1) is 10.8. The van der Waals surface area contributed by atoms with Crippen LogP contribution in [0.15, 0.2) is 6.20 Å². The number of esters is 1. The van der Waals surface area contributed by atoms with E-state index in [2.05, 4.69) is 30.5 Å². The maximum absolute atomic E-state index is 11.3. The van der Waals surface area contributed by atoms with Crippen LogP contribution in [0.3, 0.4) is 0 Å². The minimum absolute atomic E-state index is 0.0198. The molecule has 0 aliphatic carbocycles. The van der Waals surface area contributed by atoms with Gasteiger partial charge in [0.2, 0.25) is 5.82 Å². The predicted molar refractivity (Wildman–Crippen MR) is 53.2 cm³/mol. The molecule has 0 saturated heterocycles. The van der Waals surface area contributed by atoms with Gasteiger partial charge in [-0.05, 0) is 0 Å². The highest BCUT2D eigenvalue weighted by molar-refractivity contribution is 5.85. The van der Waals surface area contributed by atoms with Crippen molar-refractivity contribution in [1.82, 2.24) is 9.55 Å². The zero-order chi connectivity index (χ0) is 10.9. The van der Waals surface area contributed by atoms with Crippen LogP contribution in [0, 0.1) is 0 Å². The molecule has 0 aromatic carbocycles. The first-order valence-electron chi connectivity index (χ1n) is 4.48. The molecule has 0 radical (unpaired) electrons. The highest BCUT2D eigenvalue weighted by Gasteiger charge is 2.22. The molecule has 4 nitrogen and oxygen atoms in total. The average Bonchev–Trinajstić information content (AvgIpc) is 2.45. The predicted octanol–water partition coefficient (Wildman–Crippen LogP) is 1.50. The van der Waals surface area contributed by atoms with Crippen molar-refractivity contribution in [2.24, 2.45) is 7.05 Å². The molecular formula is C10H16N2O2. The van der Waals surface area contributed by atoms with Crippen LogP contribution < -0.4 is 0 Å². The Balaban J connectivity index is 3.15. The second-order valence-corrected chi connectivity index (χ2v) is 4.27. The van der Waals surface area contributed by atoms with Crippen LogP contribution in [0.25, 0.3) is 0 Å². The number of ether oxygens (including phenoxy) is 1. The van der Waals surface area contributed by atoms with E-state index in [1.54, 1.807) is 10.8 Å². The first-order valence-corrected chi connectivity index (χ1v) is 4.48. The molecular weight excluding hydrogens is 180 g/mol. The number of rotatable bonds is 1. The molecule has 14 heavy (non-hydrogen) atoms. The Bertz CT molecular complexity index is 347. The number of aromatic nitrogens is 2. The van der Waals surface area contributed by atoms with Gasteiger partial charge in [0.1, 0.15) is 0 Å². The van der Waals surface area contributed by atoms with Crippen molar-refractivity contribution >= 4 is 5.97 Å². The largest absolute Gasteiger partial charge is 0.463 e. The SMILES string of the molecule is COC(=O)c1ncc(C(C)(C)C)n1C. The van der Waals surface area contributed by atoms with Gasteiger partial charge in [0, 0.05) is 24.4 Å². The molecule has 0 spiro atoms. The van der Waals surface area contributed by atoms with Crippen molar-refractivity contribution in [2.45, 2.75) is 26.2 Å². The van der Waals surface area contributed by atoms with Crippen molar-refractivity contribution in [3.05, 3.63) is 17.7 Å². The lowest BCUT2D eigenvalue weighted by Gasteiger charge is -2.18. The van der Waals surface area contributed by atoms with E-state index >= 15 is 0 Å². The number of carbonyl (C=O) groups is 1. The molecule has 0 aliphatic rings. The Hall–Kier alpha value is -1.32. The molecule has 1 aromatic rings. The number of hydrogen-bond donors (Lipinski definition) is 0. The summed E-state index contributed by atoms with van der Waals surface area (Å²) in [5.74, 6) is -0.0552. The van der Waals surface area contributed by atoms with Gasteiger partial charge < -0.3 is 9.30 Å². The molecule has 0 aliphatic heterocycles. The van der Waals surface area contributed by atoms with E-state index in [9.17, 15) is 4.79 Å². The van der Waals surface area contributed by atoms with E-state index in [1.807, 2.05) is 7.05 Å². The van der Waals surface area contributed by atoms with Gasteiger partial charge in [0.25, 0.3) is 0 Å². The van der Waals surface area contributed by atoms with Crippen LogP contribution >= 0.6 is 0 Å². The molecule has 78 valence electrons. The summed E-state index contributed by atoms with van der Waals surface area (Å²) in [5, 5.41) is 0. The summed E-state index contributed by atoms with van der Waals surface area (Å²) >= 11 is 0. The number of imidazole rings is 1. The standard InChI is InChI=1S/C10H16N2O2/c1-10(2,3)7-6-11-8(12(7)4)9(13)14-5/h6H,1-5H3. The van der Waals surface area contributed by atoms with Crippen LogP contribution in [-0.4, -0.2) is 22.6 Å². The van der Waals surface area contributed by atoms with E-state index in [1.165, 1.54) is 7.11 Å². The van der Waals surface area contributed by atoms with E-state index < -0.39 is 5.97 Å². The van der Waals surface area contributed by atoms with Crippen LogP contribution in [0.1, 0.15) is 37.1 Å². The zero-order valence-corrected chi connectivity index (χ0v) is 9.29. The molecule has 0 bridgehead atoms. The zero-order valence-electron chi connectivity index (χ0n) is 9.29. The molecule has 0 fully saturated rings. The van der Waals surface area contributed by atoms with Crippen LogP contribution in [0.5, 0.6) is 0 Å². The number of methoxy groups -OCH3 is 1. The van der Waals surface area contributed by atoms with E-state index in [-0.39, 0.29) is 5.41 Å². The lowest BCUT2D eigenvalue weighted by atomic mass is 9.93. The van der Waals surface area contributed by atoms with Crippen LogP contribution in [0.2, 0.25) is 0 Å². The molecule has 0 saturated carbocycles. The van der Waals surface area contributed by atoms with Gasteiger partial charge in [-0.1, -0.05) is 20.8 Å². The third-order valence-electron chi connectivity index (χ3n) is 2.12. The number of carbonyl (C=O) groups excluding carboxylic acids is 1.